The van der Waals surface area contributed by atoms with Gasteiger partial charge in [-0.05, 0) is 41.5 Å². The largest absolute Gasteiger partial charge is 1.00 e. The molecule has 0 amide bonds. The summed E-state index contributed by atoms with van der Waals surface area (Å²) in [4.78, 5) is 0.174. The number of methoxy groups -OCH3 is 1. The van der Waals surface area contributed by atoms with E-state index >= 15 is 0 Å². The van der Waals surface area contributed by atoms with Gasteiger partial charge in [-0.25, -0.2) is 13.0 Å². The Morgan fingerprint density at radius 2 is 1.47 bits per heavy atom. The van der Waals surface area contributed by atoms with Crippen LogP contribution in [0.1, 0.15) is 16.7 Å². The molecule has 0 saturated carbocycles. The van der Waals surface area contributed by atoms with E-state index in [1.165, 1.54) is 17.7 Å². The number of benzene rings is 3. The highest BCUT2D eigenvalue weighted by atomic mass is 79.9. The number of rotatable bonds is 8. The van der Waals surface area contributed by atoms with E-state index in [2.05, 4.69) is 21.4 Å². The lowest BCUT2D eigenvalue weighted by Gasteiger charge is -2.11. The van der Waals surface area contributed by atoms with Crippen LogP contribution in [0.5, 0.6) is 5.75 Å². The Bertz CT molecular complexity index is 1340. The minimum absolute atomic E-state index is 0. The average molecular weight is 537 g/mol. The van der Waals surface area contributed by atoms with Crippen molar-refractivity contribution in [2.45, 2.75) is 11.4 Å². The number of ether oxygens (including phenoxy) is 1. The number of halogens is 1. The Balaban J connectivity index is 0.00000324. The molecule has 0 bridgehead atoms. The van der Waals surface area contributed by atoms with Crippen molar-refractivity contribution in [1.82, 2.24) is 0 Å². The van der Waals surface area contributed by atoms with Crippen molar-refractivity contribution in [3.63, 3.8) is 0 Å². The van der Waals surface area contributed by atoms with Gasteiger partial charge in [0.15, 0.2) is 18.9 Å². The minimum Gasteiger partial charge on any atom is -1.00 e. The fourth-order valence-corrected chi connectivity index (χ4v) is 4.45. The van der Waals surface area contributed by atoms with E-state index in [0.717, 1.165) is 17.7 Å². The van der Waals surface area contributed by atoms with Gasteiger partial charge in [0.2, 0.25) is 0 Å². The zero-order chi connectivity index (χ0) is 23.1. The first-order chi connectivity index (χ1) is 16.0. The Hall–Kier alpha value is -3.42. The number of pyridine rings is 1. The molecule has 7 heteroatoms. The van der Waals surface area contributed by atoms with E-state index in [9.17, 15) is 8.42 Å². The zero-order valence-electron chi connectivity index (χ0n) is 18.6. The standard InChI is InChI=1S/C27H24N2O3S.BrH/c1-32-25-13-15-26(16-14-25)33(30,31)28-27-10-6-5-9-24(27)12-11-22-17-19-29(20-18-22)21-23-7-3-2-4-8-23;/h2-20H,21H2,1H3;1H. The normalized spacial score (nSPS) is 11.1. The van der Waals surface area contributed by atoms with E-state index in [0.29, 0.717) is 11.4 Å². The molecule has 0 aliphatic rings. The van der Waals surface area contributed by atoms with Crippen LogP contribution in [0.15, 0.2) is 108 Å². The molecule has 3 aromatic carbocycles. The van der Waals surface area contributed by atoms with Gasteiger partial charge in [0.1, 0.15) is 5.75 Å². The summed E-state index contributed by atoms with van der Waals surface area (Å²) in [6.07, 6.45) is 7.94. The summed E-state index contributed by atoms with van der Waals surface area (Å²) in [6.45, 7) is 0.806. The molecule has 1 N–H and O–H groups in total. The first-order valence-corrected chi connectivity index (χ1v) is 12.0. The van der Waals surface area contributed by atoms with Gasteiger partial charge in [-0.2, -0.15) is 0 Å². The molecule has 0 radical (unpaired) electrons. The van der Waals surface area contributed by atoms with Crippen molar-refractivity contribution in [1.29, 1.82) is 0 Å². The molecule has 0 aliphatic carbocycles. The van der Waals surface area contributed by atoms with Crippen LogP contribution in [0.3, 0.4) is 0 Å². The molecule has 4 aromatic rings. The van der Waals surface area contributed by atoms with Crippen molar-refractivity contribution < 1.29 is 34.7 Å². The zero-order valence-corrected chi connectivity index (χ0v) is 21.0. The van der Waals surface area contributed by atoms with Gasteiger partial charge in [-0.15, -0.1) is 0 Å². The van der Waals surface area contributed by atoms with E-state index in [4.69, 9.17) is 4.74 Å². The third kappa shape index (κ3) is 6.56. The predicted octanol–water partition coefficient (Wildman–Crippen LogP) is 2.01. The summed E-state index contributed by atoms with van der Waals surface area (Å²) in [7, 11) is -2.18. The maximum Gasteiger partial charge on any atom is 0.261 e. The summed E-state index contributed by atoms with van der Waals surface area (Å²) in [5, 5.41) is 0. The first kappa shape index (κ1) is 25.2. The Morgan fingerprint density at radius 3 is 2.15 bits per heavy atom. The van der Waals surface area contributed by atoms with Crippen LogP contribution >= 0.6 is 0 Å². The molecule has 34 heavy (non-hydrogen) atoms. The SMILES string of the molecule is COc1ccc(S(=O)(=O)Nc2ccccc2C=Cc2cc[n+](Cc3ccccc3)cc2)cc1.[Br-]. The summed E-state index contributed by atoms with van der Waals surface area (Å²) < 4.78 is 35.6. The molecule has 0 fully saturated rings. The van der Waals surface area contributed by atoms with Crippen molar-refractivity contribution in [3.05, 3.63) is 120 Å². The van der Waals surface area contributed by atoms with E-state index in [1.807, 2.05) is 67.0 Å². The topological polar surface area (TPSA) is 59.3 Å². The number of nitrogens with one attached hydrogen (secondary N) is 1. The van der Waals surface area contributed by atoms with Gasteiger partial charge >= 0.3 is 0 Å². The Labute approximate surface area is 211 Å². The maximum atomic E-state index is 12.8. The number of anilines is 1. The smallest absolute Gasteiger partial charge is 0.261 e. The number of hydrogen-bond donors (Lipinski definition) is 1. The lowest BCUT2D eigenvalue weighted by molar-refractivity contribution is -0.688. The van der Waals surface area contributed by atoms with Crippen LogP contribution in [0, 0.1) is 0 Å². The van der Waals surface area contributed by atoms with Crippen LogP contribution in [-0.2, 0) is 16.6 Å². The number of sulfonamides is 1. The highest BCUT2D eigenvalue weighted by molar-refractivity contribution is 7.92. The number of nitrogens with zero attached hydrogens (tertiary/aromatic N) is 1. The van der Waals surface area contributed by atoms with Crippen LogP contribution in [0.4, 0.5) is 5.69 Å². The van der Waals surface area contributed by atoms with Crippen LogP contribution in [-0.4, -0.2) is 15.5 Å². The maximum absolute atomic E-state index is 12.8. The van der Waals surface area contributed by atoms with Gasteiger partial charge in [0.05, 0.1) is 17.7 Å². The molecule has 4 rings (SSSR count). The van der Waals surface area contributed by atoms with E-state index in [1.54, 1.807) is 31.4 Å². The van der Waals surface area contributed by atoms with E-state index in [-0.39, 0.29) is 21.9 Å². The molecule has 1 heterocycles. The van der Waals surface area contributed by atoms with Gasteiger partial charge in [0.25, 0.3) is 10.0 Å². The highest BCUT2D eigenvalue weighted by Crippen LogP contribution is 2.23. The third-order valence-electron chi connectivity index (χ3n) is 5.16. The molecular formula is C27H25BrN2O3S. The monoisotopic (exact) mass is 536 g/mol. The molecule has 5 nitrogen and oxygen atoms in total. The van der Waals surface area contributed by atoms with Crippen LogP contribution in [0.25, 0.3) is 12.2 Å². The molecule has 0 spiro atoms. The summed E-state index contributed by atoms with van der Waals surface area (Å²) in [5.74, 6) is 0.602. The molecule has 1 aromatic heterocycles. The highest BCUT2D eigenvalue weighted by Gasteiger charge is 2.15. The molecule has 174 valence electrons. The Kier molecular flexibility index (Phi) is 8.62. The lowest BCUT2D eigenvalue weighted by atomic mass is 10.1. The number of aromatic nitrogens is 1. The Morgan fingerprint density at radius 1 is 0.824 bits per heavy atom. The van der Waals surface area contributed by atoms with Gasteiger partial charge in [-0.3, -0.25) is 4.72 Å². The van der Waals surface area contributed by atoms with Gasteiger partial charge in [0, 0.05) is 17.7 Å². The summed E-state index contributed by atoms with van der Waals surface area (Å²) in [5.41, 5.74) is 3.55. The fourth-order valence-electron chi connectivity index (χ4n) is 3.36. The third-order valence-corrected chi connectivity index (χ3v) is 6.54. The second-order valence-electron chi connectivity index (χ2n) is 7.49. The minimum atomic E-state index is -3.72. The second kappa shape index (κ2) is 11.6. The van der Waals surface area contributed by atoms with Crippen LogP contribution in [0.2, 0.25) is 0 Å². The molecule has 0 aliphatic heterocycles. The number of para-hydroxylation sites is 1. The number of hydrogen-bond acceptors (Lipinski definition) is 3. The molecule has 0 atom stereocenters. The lowest BCUT2D eigenvalue weighted by Crippen LogP contribution is -3.00. The first-order valence-electron chi connectivity index (χ1n) is 10.5. The second-order valence-corrected chi connectivity index (χ2v) is 9.17. The molecular weight excluding hydrogens is 512 g/mol. The van der Waals surface area contributed by atoms with E-state index < -0.39 is 10.0 Å². The molecule has 0 saturated heterocycles. The van der Waals surface area contributed by atoms with Crippen LogP contribution < -0.4 is 31.0 Å². The summed E-state index contributed by atoms with van der Waals surface area (Å²) >= 11 is 0. The quantitative estimate of drug-likeness (QED) is 0.350. The van der Waals surface area contributed by atoms with Gasteiger partial charge in [-0.1, -0.05) is 60.7 Å². The predicted molar refractivity (Wildman–Crippen MR) is 131 cm³/mol. The summed E-state index contributed by atoms with van der Waals surface area (Å²) in [6, 6.07) is 27.9. The van der Waals surface area contributed by atoms with Crippen molar-refractivity contribution >= 4 is 27.9 Å². The molecule has 0 unspecified atom stereocenters. The van der Waals surface area contributed by atoms with Gasteiger partial charge < -0.3 is 21.7 Å². The van der Waals surface area contributed by atoms with Crippen molar-refractivity contribution in [2.24, 2.45) is 0 Å². The fraction of sp³-hybridized carbons (Fsp3) is 0.0741. The average Bonchev–Trinajstić information content (AvgIpc) is 2.85. The van der Waals surface area contributed by atoms with Crippen molar-refractivity contribution in [3.8, 4) is 5.75 Å². The van der Waals surface area contributed by atoms with Crippen molar-refractivity contribution in [2.75, 3.05) is 11.8 Å².